The Bertz CT molecular complexity index is 370. The normalized spacial score (nSPS) is 16.5. The molecule has 1 fully saturated rings. The molecule has 0 aromatic heterocycles. The van der Waals surface area contributed by atoms with E-state index in [0.29, 0.717) is 11.8 Å². The van der Waals surface area contributed by atoms with Crippen molar-refractivity contribution in [2.45, 2.75) is 60.3 Å². The lowest BCUT2D eigenvalue weighted by Gasteiger charge is -2.25. The van der Waals surface area contributed by atoms with Gasteiger partial charge >= 0.3 is 0 Å². The number of halogens is 1. The van der Waals surface area contributed by atoms with Crippen molar-refractivity contribution < 1.29 is 9.47 Å². The van der Waals surface area contributed by atoms with Crippen LogP contribution in [0.3, 0.4) is 0 Å². The number of rotatable bonds is 11. The fraction of sp³-hybridized carbons (Fsp3) is 0.950. The molecule has 1 heterocycles. The lowest BCUT2D eigenvalue weighted by atomic mass is 9.84. The third-order valence-electron chi connectivity index (χ3n) is 4.42. The van der Waals surface area contributed by atoms with E-state index in [9.17, 15) is 0 Å². The zero-order valence-electron chi connectivity index (χ0n) is 17.6. The Kier molecular flexibility index (Phi) is 14.9. The molecular weight excluding hydrogens is 441 g/mol. The predicted molar refractivity (Wildman–Crippen MR) is 122 cm³/mol. The van der Waals surface area contributed by atoms with Gasteiger partial charge < -0.3 is 20.1 Å². The second-order valence-electron chi connectivity index (χ2n) is 8.37. The molecule has 1 saturated heterocycles. The van der Waals surface area contributed by atoms with Gasteiger partial charge in [0.05, 0.1) is 0 Å². The van der Waals surface area contributed by atoms with Gasteiger partial charge in [-0.3, -0.25) is 4.99 Å². The molecule has 1 aliphatic rings. The van der Waals surface area contributed by atoms with E-state index >= 15 is 0 Å². The zero-order valence-corrected chi connectivity index (χ0v) is 19.9. The lowest BCUT2D eigenvalue weighted by molar-refractivity contribution is 0.0203. The molecule has 1 rings (SSSR count). The zero-order chi connectivity index (χ0) is 18.5. The van der Waals surface area contributed by atoms with E-state index in [4.69, 9.17) is 14.5 Å². The van der Waals surface area contributed by atoms with Crippen LogP contribution in [0.25, 0.3) is 0 Å². The summed E-state index contributed by atoms with van der Waals surface area (Å²) in [6.45, 7) is 17.3. The van der Waals surface area contributed by atoms with Crippen LogP contribution in [0, 0.1) is 17.3 Å². The van der Waals surface area contributed by atoms with Gasteiger partial charge in [-0.05, 0) is 49.9 Å². The Hall–Kier alpha value is -0.0800. The van der Waals surface area contributed by atoms with Crippen molar-refractivity contribution in [3.8, 4) is 0 Å². The summed E-state index contributed by atoms with van der Waals surface area (Å²) in [7, 11) is 0. The maximum Gasteiger partial charge on any atom is 0.191 e. The third-order valence-corrected chi connectivity index (χ3v) is 4.42. The van der Waals surface area contributed by atoms with Crippen LogP contribution < -0.4 is 10.6 Å². The summed E-state index contributed by atoms with van der Waals surface area (Å²) in [4.78, 5) is 4.77. The first kappa shape index (κ1) is 25.9. The molecule has 6 heteroatoms. The molecule has 26 heavy (non-hydrogen) atoms. The molecule has 0 aromatic carbocycles. The van der Waals surface area contributed by atoms with Crippen molar-refractivity contribution in [2.24, 2.45) is 22.2 Å². The van der Waals surface area contributed by atoms with Crippen LogP contribution in [0.15, 0.2) is 4.99 Å². The number of guanidine groups is 1. The first-order valence-electron chi connectivity index (χ1n) is 10.1. The Morgan fingerprint density at radius 2 is 1.92 bits per heavy atom. The average Bonchev–Trinajstić information content (AvgIpc) is 2.55. The molecule has 0 atom stereocenters. The van der Waals surface area contributed by atoms with Gasteiger partial charge in [0.25, 0.3) is 0 Å². The smallest absolute Gasteiger partial charge is 0.191 e. The first-order valence-corrected chi connectivity index (χ1v) is 10.1. The van der Waals surface area contributed by atoms with Crippen molar-refractivity contribution in [3.63, 3.8) is 0 Å². The Balaban J connectivity index is 0.00000625. The highest BCUT2D eigenvalue weighted by Gasteiger charge is 2.19. The van der Waals surface area contributed by atoms with Gasteiger partial charge in [0.1, 0.15) is 0 Å². The van der Waals surface area contributed by atoms with E-state index in [1.807, 2.05) is 0 Å². The maximum atomic E-state index is 5.82. The fourth-order valence-corrected chi connectivity index (χ4v) is 3.35. The molecule has 1 aliphatic heterocycles. The van der Waals surface area contributed by atoms with E-state index in [1.165, 1.54) is 6.42 Å². The molecule has 0 saturated carbocycles. The number of hydrogen-bond acceptors (Lipinski definition) is 3. The van der Waals surface area contributed by atoms with Crippen molar-refractivity contribution in [3.05, 3.63) is 0 Å². The quantitative estimate of drug-likeness (QED) is 0.201. The molecule has 0 spiro atoms. The van der Waals surface area contributed by atoms with Crippen LogP contribution in [0.2, 0.25) is 0 Å². The summed E-state index contributed by atoms with van der Waals surface area (Å²) in [5.74, 6) is 2.31. The van der Waals surface area contributed by atoms with Gasteiger partial charge in [-0.15, -0.1) is 24.0 Å². The highest BCUT2D eigenvalue weighted by molar-refractivity contribution is 14.0. The highest BCUT2D eigenvalue weighted by Crippen LogP contribution is 2.25. The van der Waals surface area contributed by atoms with Crippen LogP contribution in [0.4, 0.5) is 0 Å². The van der Waals surface area contributed by atoms with Crippen LogP contribution in [-0.2, 0) is 9.47 Å². The minimum absolute atomic E-state index is 0. The summed E-state index contributed by atoms with van der Waals surface area (Å²) in [5, 5.41) is 6.76. The number of ether oxygens (including phenoxy) is 2. The average molecular weight is 483 g/mol. The van der Waals surface area contributed by atoms with Crippen LogP contribution >= 0.6 is 24.0 Å². The molecule has 2 N–H and O–H groups in total. The molecular formula is C20H42IN3O2. The van der Waals surface area contributed by atoms with Crippen molar-refractivity contribution in [1.82, 2.24) is 10.6 Å². The Labute approximate surface area is 178 Å². The minimum atomic E-state index is 0. The summed E-state index contributed by atoms with van der Waals surface area (Å²) >= 11 is 0. The second-order valence-corrected chi connectivity index (χ2v) is 8.37. The van der Waals surface area contributed by atoms with Crippen LogP contribution in [-0.4, -0.2) is 52.0 Å². The fourth-order valence-electron chi connectivity index (χ4n) is 3.35. The molecule has 0 radical (unpaired) electrons. The van der Waals surface area contributed by atoms with Gasteiger partial charge in [0.2, 0.25) is 0 Å². The van der Waals surface area contributed by atoms with Crippen molar-refractivity contribution in [2.75, 3.05) is 46.1 Å². The summed E-state index contributed by atoms with van der Waals surface area (Å²) in [5.41, 5.74) is 0.239. The first-order chi connectivity index (χ1) is 11.9. The topological polar surface area (TPSA) is 54.9 Å². The second kappa shape index (κ2) is 14.9. The molecule has 5 nitrogen and oxygen atoms in total. The van der Waals surface area contributed by atoms with Crippen LogP contribution in [0.1, 0.15) is 60.3 Å². The molecule has 0 aromatic rings. The maximum absolute atomic E-state index is 5.82. The predicted octanol–water partition coefficient (Wildman–Crippen LogP) is 4.07. The highest BCUT2D eigenvalue weighted by atomic mass is 127. The van der Waals surface area contributed by atoms with E-state index < -0.39 is 0 Å². The largest absolute Gasteiger partial charge is 0.381 e. The summed E-state index contributed by atoms with van der Waals surface area (Å²) in [6.07, 6.45) is 4.47. The number of aliphatic imine (C=N–C) groups is 1. The Morgan fingerprint density at radius 3 is 2.54 bits per heavy atom. The summed E-state index contributed by atoms with van der Waals surface area (Å²) in [6, 6.07) is 0. The number of hydrogen-bond donors (Lipinski definition) is 2. The molecule has 156 valence electrons. The minimum Gasteiger partial charge on any atom is -0.381 e. The third kappa shape index (κ3) is 13.1. The van der Waals surface area contributed by atoms with E-state index in [0.717, 1.165) is 71.3 Å². The molecule has 0 bridgehead atoms. The summed E-state index contributed by atoms with van der Waals surface area (Å²) < 4.78 is 11.2. The monoisotopic (exact) mass is 483 g/mol. The molecule has 0 amide bonds. The lowest BCUT2D eigenvalue weighted by Crippen LogP contribution is -2.39. The van der Waals surface area contributed by atoms with Crippen molar-refractivity contribution in [1.29, 1.82) is 0 Å². The van der Waals surface area contributed by atoms with Gasteiger partial charge in [0, 0.05) is 46.1 Å². The van der Waals surface area contributed by atoms with Crippen molar-refractivity contribution >= 4 is 29.9 Å². The van der Waals surface area contributed by atoms with E-state index in [1.54, 1.807) is 0 Å². The van der Waals surface area contributed by atoms with Gasteiger partial charge in [-0.25, -0.2) is 0 Å². The van der Waals surface area contributed by atoms with Crippen LogP contribution in [0.5, 0.6) is 0 Å². The number of nitrogens with zero attached hydrogens (tertiary/aromatic N) is 1. The van der Waals surface area contributed by atoms with Gasteiger partial charge in [-0.1, -0.05) is 27.7 Å². The van der Waals surface area contributed by atoms with Gasteiger partial charge in [-0.2, -0.15) is 0 Å². The van der Waals surface area contributed by atoms with Gasteiger partial charge in [0.15, 0.2) is 5.96 Å². The molecule has 0 aliphatic carbocycles. The van der Waals surface area contributed by atoms with E-state index in [2.05, 4.69) is 45.3 Å². The van der Waals surface area contributed by atoms with E-state index in [-0.39, 0.29) is 29.4 Å². The Morgan fingerprint density at radius 1 is 1.23 bits per heavy atom. The standard InChI is InChI=1S/C20H41N3O2.HI/c1-6-21-19(23-16-20(4,5)14-17(2)3)22-10-7-11-25-15-18-8-12-24-13-9-18;/h17-18H,6-16H2,1-5H3,(H2,21,22,23);1H. The molecule has 0 unspecified atom stereocenters. The number of nitrogens with one attached hydrogen (secondary N) is 2. The SMILES string of the molecule is CCNC(=NCC(C)(C)CC(C)C)NCCCOCC1CCOCC1.I.